The van der Waals surface area contributed by atoms with Gasteiger partial charge in [0.05, 0.1) is 10.5 Å². The molecule has 2 aromatic rings. The van der Waals surface area contributed by atoms with E-state index < -0.39 is 11.8 Å². The lowest BCUT2D eigenvalue weighted by atomic mass is 10.3. The van der Waals surface area contributed by atoms with Gasteiger partial charge < -0.3 is 0 Å². The van der Waals surface area contributed by atoms with Gasteiger partial charge in [-0.05, 0) is 29.7 Å². The predicted octanol–water partition coefficient (Wildman–Crippen LogP) is 1.81. The summed E-state index contributed by atoms with van der Waals surface area (Å²) in [6.07, 6.45) is 4.65. The zero-order chi connectivity index (χ0) is 18.5. The maximum absolute atomic E-state index is 12.4. The van der Waals surface area contributed by atoms with Crippen LogP contribution >= 0.6 is 35.3 Å². The van der Waals surface area contributed by atoms with Gasteiger partial charge in [0.1, 0.15) is 10.9 Å². The van der Waals surface area contributed by atoms with Gasteiger partial charge >= 0.3 is 0 Å². The van der Waals surface area contributed by atoms with Crippen LogP contribution in [-0.4, -0.2) is 38.5 Å². The fraction of sp³-hybridized carbons (Fsp3) is 0.0625. The molecule has 0 aromatic carbocycles. The molecule has 0 radical (unpaired) electrons. The molecule has 2 N–H and O–H groups in total. The molecule has 10 heteroatoms. The van der Waals surface area contributed by atoms with Crippen molar-refractivity contribution in [2.75, 3.05) is 6.54 Å². The molecule has 26 heavy (non-hydrogen) atoms. The van der Waals surface area contributed by atoms with Crippen molar-refractivity contribution in [1.82, 2.24) is 20.7 Å². The topological polar surface area (TPSA) is 91.4 Å². The molecule has 0 saturated carbocycles. The second kappa shape index (κ2) is 8.21. The van der Waals surface area contributed by atoms with Crippen LogP contribution in [0.2, 0.25) is 0 Å². The molecule has 3 rings (SSSR count). The van der Waals surface area contributed by atoms with Crippen LogP contribution < -0.4 is 10.9 Å². The van der Waals surface area contributed by atoms with Crippen molar-refractivity contribution >= 4 is 63.4 Å². The predicted molar refractivity (Wildman–Crippen MR) is 104 cm³/mol. The number of thiocarbonyl (C=S) groups is 1. The Kier molecular flexibility index (Phi) is 5.76. The Labute approximate surface area is 162 Å². The quantitative estimate of drug-likeness (QED) is 0.459. The van der Waals surface area contributed by atoms with E-state index in [1.807, 2.05) is 17.5 Å². The molecule has 1 aliphatic heterocycles. The molecule has 132 valence electrons. The van der Waals surface area contributed by atoms with E-state index in [1.165, 1.54) is 28.6 Å². The molecule has 0 aliphatic carbocycles. The van der Waals surface area contributed by atoms with Gasteiger partial charge in [-0.25, -0.2) is 0 Å². The third kappa shape index (κ3) is 4.34. The fourth-order valence-electron chi connectivity index (χ4n) is 2.02. The highest BCUT2D eigenvalue weighted by Crippen LogP contribution is 2.32. The zero-order valence-corrected chi connectivity index (χ0v) is 15.6. The van der Waals surface area contributed by atoms with Crippen LogP contribution in [0.1, 0.15) is 15.2 Å². The minimum Gasteiger partial charge on any atom is -0.283 e. The van der Waals surface area contributed by atoms with Crippen LogP contribution in [0.15, 0.2) is 46.9 Å². The van der Waals surface area contributed by atoms with Crippen molar-refractivity contribution in [2.45, 2.75) is 0 Å². The van der Waals surface area contributed by atoms with E-state index >= 15 is 0 Å². The summed E-state index contributed by atoms with van der Waals surface area (Å²) in [4.78, 5) is 42.7. The average Bonchev–Trinajstić information content (AvgIpc) is 3.25. The smallest absolute Gasteiger partial charge is 0.271 e. The number of hydrogen-bond acceptors (Lipinski definition) is 7. The third-order valence-corrected chi connectivity index (χ3v) is 5.43. The summed E-state index contributed by atoms with van der Waals surface area (Å²) in [6.45, 7) is -0.278. The van der Waals surface area contributed by atoms with Gasteiger partial charge in [-0.2, -0.15) is 0 Å². The van der Waals surface area contributed by atoms with Crippen molar-refractivity contribution in [3.63, 3.8) is 0 Å². The Hall–Kier alpha value is -2.56. The maximum Gasteiger partial charge on any atom is 0.271 e. The third-order valence-electron chi connectivity index (χ3n) is 3.23. The number of amides is 3. The normalized spacial score (nSPS) is 15.4. The monoisotopic (exact) mass is 404 g/mol. The number of hydrogen-bond donors (Lipinski definition) is 2. The summed E-state index contributed by atoms with van der Waals surface area (Å²) < 4.78 is 0.298. The van der Waals surface area contributed by atoms with E-state index in [0.717, 1.165) is 16.6 Å². The number of thioether (sulfide) groups is 1. The first kappa shape index (κ1) is 18.2. The molecule has 0 spiro atoms. The number of aromatic nitrogens is 1. The van der Waals surface area contributed by atoms with Crippen molar-refractivity contribution in [3.8, 4) is 0 Å². The van der Waals surface area contributed by atoms with Gasteiger partial charge in [-0.1, -0.05) is 30.0 Å². The number of nitrogens with zero attached hydrogens (tertiary/aromatic N) is 2. The number of carbonyl (C=O) groups is 3. The van der Waals surface area contributed by atoms with Gasteiger partial charge in [-0.3, -0.25) is 35.1 Å². The molecule has 2 aromatic heterocycles. The first-order chi connectivity index (χ1) is 12.5. The van der Waals surface area contributed by atoms with E-state index in [1.54, 1.807) is 18.2 Å². The van der Waals surface area contributed by atoms with Gasteiger partial charge in [0, 0.05) is 17.3 Å². The Morgan fingerprint density at radius 3 is 2.81 bits per heavy atom. The van der Waals surface area contributed by atoms with Crippen molar-refractivity contribution in [3.05, 3.63) is 57.4 Å². The highest BCUT2D eigenvalue weighted by molar-refractivity contribution is 8.26. The summed E-state index contributed by atoms with van der Waals surface area (Å²) in [5.74, 6) is -1.40. The minimum absolute atomic E-state index is 0.278. The molecule has 0 bridgehead atoms. The van der Waals surface area contributed by atoms with Crippen LogP contribution in [0.5, 0.6) is 0 Å². The van der Waals surface area contributed by atoms with Gasteiger partial charge in [0.2, 0.25) is 0 Å². The van der Waals surface area contributed by atoms with Crippen LogP contribution in [0, 0.1) is 0 Å². The average molecular weight is 404 g/mol. The molecule has 1 aliphatic rings. The highest BCUT2D eigenvalue weighted by Gasteiger charge is 2.33. The van der Waals surface area contributed by atoms with Crippen molar-refractivity contribution in [1.29, 1.82) is 0 Å². The van der Waals surface area contributed by atoms with E-state index in [-0.39, 0.29) is 12.5 Å². The molecular weight excluding hydrogens is 392 g/mol. The van der Waals surface area contributed by atoms with Crippen LogP contribution in [0.4, 0.5) is 0 Å². The molecule has 1 fully saturated rings. The van der Waals surface area contributed by atoms with Crippen LogP contribution in [0.3, 0.4) is 0 Å². The molecule has 3 heterocycles. The summed E-state index contributed by atoms with van der Waals surface area (Å²) in [5.41, 5.74) is 4.84. The Morgan fingerprint density at radius 2 is 2.12 bits per heavy atom. The van der Waals surface area contributed by atoms with Crippen LogP contribution in [-0.2, 0) is 9.59 Å². The second-order valence-corrected chi connectivity index (χ2v) is 7.68. The summed E-state index contributed by atoms with van der Waals surface area (Å²) in [6, 6.07) is 6.94. The molecule has 1 saturated heterocycles. The number of rotatable bonds is 4. The molecule has 3 amide bonds. The summed E-state index contributed by atoms with van der Waals surface area (Å²) in [7, 11) is 0. The van der Waals surface area contributed by atoms with E-state index in [9.17, 15) is 14.4 Å². The molecule has 0 atom stereocenters. The number of hydrazine groups is 1. The first-order valence-electron chi connectivity index (χ1n) is 7.32. The number of carbonyl (C=O) groups excluding carboxylic acids is 3. The maximum atomic E-state index is 12.4. The van der Waals surface area contributed by atoms with Gasteiger partial charge in [0.15, 0.2) is 0 Å². The standard InChI is InChI=1S/C16H12N4O3S3/c21-13(18-19-14(22)10-3-1-5-17-8-10)9-20-15(23)12(26-16(20)24)7-11-4-2-6-25-11/h1-8H,9H2,(H,18,21)(H,19,22). The lowest BCUT2D eigenvalue weighted by molar-refractivity contribution is -0.129. The lowest BCUT2D eigenvalue weighted by Crippen LogP contribution is -2.47. The van der Waals surface area contributed by atoms with Gasteiger partial charge in [0.25, 0.3) is 17.7 Å². The lowest BCUT2D eigenvalue weighted by Gasteiger charge is -2.14. The molecule has 0 unspecified atom stereocenters. The summed E-state index contributed by atoms with van der Waals surface area (Å²) in [5, 5.41) is 1.91. The molecule has 7 nitrogen and oxygen atoms in total. The first-order valence-corrected chi connectivity index (χ1v) is 9.43. The number of pyridine rings is 1. The zero-order valence-electron chi connectivity index (χ0n) is 13.2. The SMILES string of the molecule is O=C(CN1C(=O)C(=Cc2cccs2)SC1=S)NNC(=O)c1cccnc1. The van der Waals surface area contributed by atoms with E-state index in [0.29, 0.717) is 14.8 Å². The fourth-order valence-corrected chi connectivity index (χ4v) is 4.00. The van der Waals surface area contributed by atoms with Crippen molar-refractivity contribution in [2.24, 2.45) is 0 Å². The minimum atomic E-state index is -0.559. The van der Waals surface area contributed by atoms with Crippen LogP contribution in [0.25, 0.3) is 6.08 Å². The number of nitrogens with one attached hydrogen (secondary N) is 2. The highest BCUT2D eigenvalue weighted by atomic mass is 32.2. The van der Waals surface area contributed by atoms with Gasteiger partial charge in [-0.15, -0.1) is 11.3 Å². The van der Waals surface area contributed by atoms with E-state index in [2.05, 4.69) is 15.8 Å². The Bertz CT molecular complexity index is 881. The number of thiophene rings is 1. The summed E-state index contributed by atoms with van der Waals surface area (Å²) >= 11 is 7.82. The van der Waals surface area contributed by atoms with E-state index in [4.69, 9.17) is 12.2 Å². The largest absolute Gasteiger partial charge is 0.283 e. The Morgan fingerprint density at radius 1 is 1.27 bits per heavy atom. The Balaban J connectivity index is 1.56. The van der Waals surface area contributed by atoms with Crippen molar-refractivity contribution < 1.29 is 14.4 Å². The molecular formula is C16H12N4O3S3. The second-order valence-electron chi connectivity index (χ2n) is 5.03.